The summed E-state index contributed by atoms with van der Waals surface area (Å²) in [6, 6.07) is 4.73. The maximum atomic E-state index is 12.9. The van der Waals surface area contributed by atoms with Crippen molar-refractivity contribution in [2.24, 2.45) is 23.2 Å². The Morgan fingerprint density at radius 2 is 1.83 bits per heavy atom. The number of esters is 1. The number of fused-ring (bicyclic) bond motifs is 1. The van der Waals surface area contributed by atoms with Gasteiger partial charge in [0, 0.05) is 57.8 Å². The van der Waals surface area contributed by atoms with Gasteiger partial charge in [-0.1, -0.05) is 0 Å². The van der Waals surface area contributed by atoms with E-state index < -0.39 is 20.4 Å². The summed E-state index contributed by atoms with van der Waals surface area (Å²) in [5.74, 6) is -0.195. The molecule has 2 fully saturated rings. The number of nitrogens with zero attached hydrogens (tertiary/aromatic N) is 1. The Labute approximate surface area is 247 Å². The van der Waals surface area contributed by atoms with Crippen LogP contribution in [0.25, 0.3) is 0 Å². The molecule has 2 N–H and O–H groups in total. The minimum Gasteiger partial charge on any atom is -0.462 e. The Hall–Kier alpha value is -2.20. The fourth-order valence-corrected chi connectivity index (χ4v) is 8.12. The standard InChI is InChI=1S/C28H44N2O11S/c1-20(32)41-26-16-22-14-21(17-39-18-37-2)15-27(40-19-38-3)28(22,25(26)6-4-13-31)11-5-12-29-42(35,36)24-9-7-23(8-10-24)30(33)34/h7-10,21-22,25-27,29,31H,4-6,11-19H2,1-3H3/t21?,22-,25+,26-,27?,28?/m0/s1. The largest absolute Gasteiger partial charge is 0.462 e. The van der Waals surface area contributed by atoms with Crippen molar-refractivity contribution in [3.63, 3.8) is 0 Å². The number of non-ortho nitro benzene ring substituents is 1. The van der Waals surface area contributed by atoms with Crippen LogP contribution in [-0.2, 0) is 38.5 Å². The van der Waals surface area contributed by atoms with Crippen molar-refractivity contribution in [2.45, 2.75) is 69.0 Å². The van der Waals surface area contributed by atoms with Gasteiger partial charge in [-0.15, -0.1) is 0 Å². The van der Waals surface area contributed by atoms with Gasteiger partial charge in [0.25, 0.3) is 5.69 Å². The molecule has 0 radical (unpaired) electrons. The minimum absolute atomic E-state index is 0.00382. The van der Waals surface area contributed by atoms with Crippen LogP contribution in [0.15, 0.2) is 29.2 Å². The molecule has 14 heteroatoms. The number of benzene rings is 1. The number of rotatable bonds is 18. The van der Waals surface area contributed by atoms with E-state index in [-0.39, 0.29) is 73.3 Å². The van der Waals surface area contributed by atoms with Crippen molar-refractivity contribution in [1.29, 1.82) is 0 Å². The molecule has 2 aliphatic rings. The van der Waals surface area contributed by atoms with Gasteiger partial charge in [-0.05, 0) is 68.9 Å². The van der Waals surface area contributed by atoms with Gasteiger partial charge in [-0.3, -0.25) is 14.9 Å². The highest BCUT2D eigenvalue weighted by Crippen LogP contribution is 2.62. The first-order valence-corrected chi connectivity index (χ1v) is 15.8. The van der Waals surface area contributed by atoms with Crippen LogP contribution < -0.4 is 4.72 Å². The van der Waals surface area contributed by atoms with Gasteiger partial charge in [-0.25, -0.2) is 13.1 Å². The molecule has 0 saturated heterocycles. The summed E-state index contributed by atoms with van der Waals surface area (Å²) in [5, 5.41) is 20.6. The predicted octanol–water partition coefficient (Wildman–Crippen LogP) is 3.00. The van der Waals surface area contributed by atoms with E-state index >= 15 is 0 Å². The molecule has 238 valence electrons. The van der Waals surface area contributed by atoms with Crippen LogP contribution in [0.4, 0.5) is 5.69 Å². The Bertz CT molecular complexity index is 1120. The third-order valence-corrected chi connectivity index (χ3v) is 10.0. The molecule has 6 atom stereocenters. The average molecular weight is 617 g/mol. The molecule has 0 bridgehead atoms. The number of nitrogens with one attached hydrogen (secondary N) is 1. The number of hydrogen-bond donors (Lipinski definition) is 2. The lowest BCUT2D eigenvalue weighted by Gasteiger charge is -2.51. The smallest absolute Gasteiger partial charge is 0.302 e. The SMILES string of the molecule is COCOCC1CC(OCOC)C2(CCCNS(=O)(=O)c3ccc([N+](=O)[O-])cc3)[C@@H](C1)C[C@H](OC(C)=O)[C@H]2CCCO. The summed E-state index contributed by atoms with van der Waals surface area (Å²) in [4.78, 5) is 22.4. The number of aliphatic hydroxyl groups excluding tert-OH is 1. The second-order valence-corrected chi connectivity index (χ2v) is 12.9. The Morgan fingerprint density at radius 3 is 2.45 bits per heavy atom. The number of nitro benzene ring substituents is 1. The highest BCUT2D eigenvalue weighted by Gasteiger charge is 2.61. The Morgan fingerprint density at radius 1 is 1.12 bits per heavy atom. The van der Waals surface area contributed by atoms with Gasteiger partial charge in [0.05, 0.1) is 22.5 Å². The quantitative estimate of drug-likeness (QED) is 0.0816. The highest BCUT2D eigenvalue weighted by atomic mass is 32.2. The Kier molecular flexibility index (Phi) is 13.1. The van der Waals surface area contributed by atoms with E-state index in [9.17, 15) is 28.4 Å². The fraction of sp³-hybridized carbons (Fsp3) is 0.750. The molecule has 1 aromatic carbocycles. The van der Waals surface area contributed by atoms with Crippen molar-refractivity contribution in [2.75, 3.05) is 47.6 Å². The molecular formula is C28H44N2O11S. The zero-order chi connectivity index (χ0) is 30.8. The maximum Gasteiger partial charge on any atom is 0.302 e. The summed E-state index contributed by atoms with van der Waals surface area (Å²) in [5.41, 5.74) is -0.647. The fourth-order valence-electron chi connectivity index (χ4n) is 7.05. The summed E-state index contributed by atoms with van der Waals surface area (Å²) in [7, 11) is -0.766. The molecule has 3 rings (SSSR count). The molecule has 0 aromatic heterocycles. The lowest BCUT2D eigenvalue weighted by atomic mass is 9.57. The molecule has 3 unspecified atom stereocenters. The molecule has 0 heterocycles. The van der Waals surface area contributed by atoms with E-state index in [0.717, 1.165) is 18.6 Å². The highest BCUT2D eigenvalue weighted by molar-refractivity contribution is 7.89. The van der Waals surface area contributed by atoms with Crippen LogP contribution in [0.2, 0.25) is 0 Å². The zero-order valence-corrected chi connectivity index (χ0v) is 25.4. The first-order chi connectivity index (χ1) is 20.1. The summed E-state index contributed by atoms with van der Waals surface area (Å²) < 4.78 is 56.7. The average Bonchev–Trinajstić information content (AvgIpc) is 3.24. The van der Waals surface area contributed by atoms with E-state index in [4.69, 9.17) is 23.7 Å². The first-order valence-electron chi connectivity index (χ1n) is 14.3. The van der Waals surface area contributed by atoms with Gasteiger partial charge in [-0.2, -0.15) is 0 Å². The number of hydrogen-bond acceptors (Lipinski definition) is 11. The number of methoxy groups -OCH3 is 2. The second kappa shape index (κ2) is 16.0. The summed E-state index contributed by atoms with van der Waals surface area (Å²) in [6.07, 6.45) is 3.72. The summed E-state index contributed by atoms with van der Waals surface area (Å²) in [6.45, 7) is 2.27. The van der Waals surface area contributed by atoms with Gasteiger partial charge < -0.3 is 28.8 Å². The molecule has 2 saturated carbocycles. The molecule has 2 aliphatic carbocycles. The van der Waals surface area contributed by atoms with Gasteiger partial charge in [0.1, 0.15) is 19.7 Å². The summed E-state index contributed by atoms with van der Waals surface area (Å²) >= 11 is 0. The van der Waals surface area contributed by atoms with Crippen LogP contribution in [0.5, 0.6) is 0 Å². The molecule has 42 heavy (non-hydrogen) atoms. The van der Waals surface area contributed by atoms with Crippen LogP contribution in [0, 0.1) is 33.3 Å². The van der Waals surface area contributed by atoms with Crippen LogP contribution in [-0.4, -0.2) is 84.2 Å². The van der Waals surface area contributed by atoms with Crippen molar-refractivity contribution in [3.05, 3.63) is 34.4 Å². The monoisotopic (exact) mass is 616 g/mol. The van der Waals surface area contributed by atoms with E-state index in [2.05, 4.69) is 4.72 Å². The van der Waals surface area contributed by atoms with Crippen molar-refractivity contribution < 1.29 is 46.9 Å². The topological polar surface area (TPSA) is 173 Å². The third-order valence-electron chi connectivity index (χ3n) is 8.55. The normalized spacial score (nSPS) is 27.5. The number of carbonyl (C=O) groups is 1. The molecule has 0 aliphatic heterocycles. The molecule has 0 spiro atoms. The predicted molar refractivity (Wildman–Crippen MR) is 151 cm³/mol. The van der Waals surface area contributed by atoms with E-state index in [1.165, 1.54) is 19.1 Å². The van der Waals surface area contributed by atoms with Crippen molar-refractivity contribution in [1.82, 2.24) is 4.72 Å². The van der Waals surface area contributed by atoms with Crippen molar-refractivity contribution >= 4 is 21.7 Å². The van der Waals surface area contributed by atoms with Crippen LogP contribution >= 0.6 is 0 Å². The molecule has 13 nitrogen and oxygen atoms in total. The van der Waals surface area contributed by atoms with Crippen molar-refractivity contribution in [3.8, 4) is 0 Å². The second-order valence-electron chi connectivity index (χ2n) is 11.1. The number of aliphatic hydroxyl groups is 1. The zero-order valence-electron chi connectivity index (χ0n) is 24.6. The van der Waals surface area contributed by atoms with E-state index in [1.807, 2.05) is 0 Å². The number of carbonyl (C=O) groups excluding carboxylic acids is 1. The van der Waals surface area contributed by atoms with Gasteiger partial charge in [0.15, 0.2) is 0 Å². The Balaban J connectivity index is 1.85. The van der Waals surface area contributed by atoms with Crippen LogP contribution in [0.1, 0.15) is 51.9 Å². The lowest BCUT2D eigenvalue weighted by molar-refractivity contribution is -0.384. The first kappa shape index (κ1) is 34.3. The van der Waals surface area contributed by atoms with Crippen LogP contribution in [0.3, 0.4) is 0 Å². The van der Waals surface area contributed by atoms with E-state index in [1.54, 1.807) is 14.2 Å². The third kappa shape index (κ3) is 8.46. The molecular weight excluding hydrogens is 572 g/mol. The number of sulfonamides is 1. The lowest BCUT2D eigenvalue weighted by Crippen LogP contribution is -2.52. The molecule has 1 aromatic rings. The maximum absolute atomic E-state index is 12.9. The number of nitro groups is 1. The minimum atomic E-state index is -3.89. The van der Waals surface area contributed by atoms with E-state index in [0.29, 0.717) is 45.1 Å². The molecule has 0 amide bonds. The van der Waals surface area contributed by atoms with Gasteiger partial charge >= 0.3 is 5.97 Å². The van der Waals surface area contributed by atoms with Gasteiger partial charge in [0.2, 0.25) is 10.0 Å². The number of ether oxygens (including phenoxy) is 5.